The quantitative estimate of drug-likeness (QED) is 0.251. The second-order valence-electron chi connectivity index (χ2n) is 12.8. The first-order valence-corrected chi connectivity index (χ1v) is 17.5. The third-order valence-corrected chi connectivity index (χ3v) is 11.4. The van der Waals surface area contributed by atoms with Gasteiger partial charge in [-0.15, -0.1) is 0 Å². The van der Waals surface area contributed by atoms with E-state index < -0.39 is 10.0 Å². The molecule has 0 unspecified atom stereocenters. The average Bonchev–Trinajstić information content (AvgIpc) is 3.70. The minimum absolute atomic E-state index is 0.0693. The number of nitrogens with one attached hydrogen (secondary N) is 3. The number of piperidine rings is 2. The van der Waals surface area contributed by atoms with E-state index in [1.807, 2.05) is 30.3 Å². The van der Waals surface area contributed by atoms with Crippen LogP contribution in [0.25, 0.3) is 21.8 Å². The number of hydrogen-bond donors (Lipinski definition) is 3. The van der Waals surface area contributed by atoms with Crippen molar-refractivity contribution >= 4 is 37.8 Å². The van der Waals surface area contributed by atoms with Gasteiger partial charge in [-0.1, -0.05) is 24.3 Å². The molecule has 0 amide bonds. The van der Waals surface area contributed by atoms with Crippen molar-refractivity contribution < 1.29 is 17.9 Å². The smallest absolute Gasteiger partial charge is 0.340 e. The van der Waals surface area contributed by atoms with Crippen molar-refractivity contribution in [2.24, 2.45) is 0 Å². The second-order valence-corrected chi connectivity index (χ2v) is 14.8. The molecule has 44 heavy (non-hydrogen) atoms. The summed E-state index contributed by atoms with van der Waals surface area (Å²) in [5, 5.41) is 2.19. The Hall–Kier alpha value is -3.18. The number of rotatable bonds is 7. The van der Waals surface area contributed by atoms with Crippen LogP contribution in [0.4, 0.5) is 0 Å². The van der Waals surface area contributed by atoms with Crippen LogP contribution in [0.3, 0.4) is 0 Å². The normalized spacial score (nSPS) is 23.1. The van der Waals surface area contributed by atoms with Crippen LogP contribution in [0.15, 0.2) is 54.9 Å². The lowest BCUT2D eigenvalue weighted by Gasteiger charge is -2.35. The van der Waals surface area contributed by atoms with Crippen molar-refractivity contribution in [3.8, 4) is 0 Å². The van der Waals surface area contributed by atoms with Gasteiger partial charge in [0, 0.05) is 59.1 Å². The lowest BCUT2D eigenvalue weighted by atomic mass is 9.89. The number of aromatic nitrogens is 2. The summed E-state index contributed by atoms with van der Waals surface area (Å²) in [7, 11) is 2.67. The molecule has 3 atom stereocenters. The molecule has 2 bridgehead atoms. The molecule has 0 saturated carbocycles. The van der Waals surface area contributed by atoms with Crippen molar-refractivity contribution in [1.29, 1.82) is 0 Å². The van der Waals surface area contributed by atoms with Crippen LogP contribution in [-0.4, -0.2) is 92.3 Å². The Balaban J connectivity index is 0.000000156. The van der Waals surface area contributed by atoms with E-state index in [0.29, 0.717) is 30.0 Å². The third kappa shape index (κ3) is 6.73. The lowest BCUT2D eigenvalue weighted by Crippen LogP contribution is -2.43. The van der Waals surface area contributed by atoms with Crippen molar-refractivity contribution in [2.45, 2.75) is 69.1 Å². The van der Waals surface area contributed by atoms with Gasteiger partial charge in [-0.2, -0.15) is 0 Å². The van der Waals surface area contributed by atoms with E-state index in [1.54, 1.807) is 6.20 Å². The zero-order chi connectivity index (χ0) is 30.8. The Kier molecular flexibility index (Phi) is 9.14. The first-order chi connectivity index (χ1) is 21.2. The molecule has 7 rings (SSSR count). The second kappa shape index (κ2) is 13.0. The highest BCUT2D eigenvalue weighted by Gasteiger charge is 2.40. The number of aryl methyl sites for hydroxylation is 1. The van der Waals surface area contributed by atoms with E-state index in [4.69, 9.17) is 4.74 Å². The Morgan fingerprint density at radius 1 is 0.932 bits per heavy atom. The number of fused-ring (bicyclic) bond motifs is 4. The summed E-state index contributed by atoms with van der Waals surface area (Å²) in [5.41, 5.74) is 5.22. The maximum absolute atomic E-state index is 12.4. The SMILES string of the molecule is CN1[C@@H]2CC[C@H]1C[C@@H](OC(=O)c1c[nH]c3ccccc13)C2.CNS(=O)(=O)CCc1ccc2[nH]cc(C3CCN(C)CC3)c2c1. The predicted molar refractivity (Wildman–Crippen MR) is 176 cm³/mol. The molecule has 0 spiro atoms. The van der Waals surface area contributed by atoms with Crippen LogP contribution in [0.5, 0.6) is 0 Å². The number of carbonyl (C=O) groups is 1. The molecule has 10 heteroatoms. The van der Waals surface area contributed by atoms with Gasteiger partial charge in [0.1, 0.15) is 6.10 Å². The number of nitrogens with zero attached hydrogens (tertiary/aromatic N) is 2. The number of carbonyl (C=O) groups excluding carboxylic acids is 1. The van der Waals surface area contributed by atoms with Gasteiger partial charge in [0.2, 0.25) is 10.0 Å². The number of para-hydroxylation sites is 1. The number of likely N-dealkylation sites (tertiary alicyclic amines) is 1. The monoisotopic (exact) mass is 619 g/mol. The maximum Gasteiger partial charge on any atom is 0.340 e. The Morgan fingerprint density at radius 2 is 1.61 bits per heavy atom. The highest BCUT2D eigenvalue weighted by atomic mass is 32.2. The average molecular weight is 620 g/mol. The minimum Gasteiger partial charge on any atom is -0.459 e. The molecular weight excluding hydrogens is 574 g/mol. The van der Waals surface area contributed by atoms with Gasteiger partial charge in [0.15, 0.2) is 0 Å². The molecule has 3 saturated heterocycles. The fourth-order valence-electron chi connectivity index (χ4n) is 7.27. The molecular formula is C34H45N5O4S. The Labute approximate surface area is 260 Å². The van der Waals surface area contributed by atoms with E-state index >= 15 is 0 Å². The van der Waals surface area contributed by atoms with Crippen LogP contribution in [0, 0.1) is 0 Å². The van der Waals surface area contributed by atoms with Crippen LogP contribution in [0.2, 0.25) is 0 Å². The fraction of sp³-hybridized carbons (Fsp3) is 0.500. The fourth-order valence-corrected chi connectivity index (χ4v) is 7.98. The van der Waals surface area contributed by atoms with E-state index in [2.05, 4.69) is 56.9 Å². The van der Waals surface area contributed by atoms with E-state index in [9.17, 15) is 13.2 Å². The number of benzene rings is 2. The van der Waals surface area contributed by atoms with Crippen molar-refractivity contribution in [3.05, 3.63) is 71.5 Å². The molecule has 3 aliphatic rings. The van der Waals surface area contributed by atoms with Gasteiger partial charge < -0.3 is 24.5 Å². The molecule has 2 aromatic carbocycles. The highest BCUT2D eigenvalue weighted by molar-refractivity contribution is 7.89. The zero-order valence-electron chi connectivity index (χ0n) is 26.0. The molecule has 3 aliphatic heterocycles. The zero-order valence-corrected chi connectivity index (χ0v) is 26.8. The van der Waals surface area contributed by atoms with Gasteiger partial charge in [-0.3, -0.25) is 0 Å². The number of hydrogen-bond acceptors (Lipinski definition) is 6. The van der Waals surface area contributed by atoms with Crippen LogP contribution < -0.4 is 4.72 Å². The molecule has 3 fully saturated rings. The molecule has 4 aromatic rings. The summed E-state index contributed by atoms with van der Waals surface area (Å²) in [6.07, 6.45) is 11.3. The first-order valence-electron chi connectivity index (χ1n) is 15.9. The van der Waals surface area contributed by atoms with Crippen molar-refractivity contribution in [2.75, 3.05) is 40.0 Å². The van der Waals surface area contributed by atoms with Gasteiger partial charge >= 0.3 is 5.97 Å². The van der Waals surface area contributed by atoms with Crippen molar-refractivity contribution in [3.63, 3.8) is 0 Å². The van der Waals surface area contributed by atoms with E-state index in [-0.39, 0.29) is 17.8 Å². The van der Waals surface area contributed by atoms with Crippen LogP contribution >= 0.6 is 0 Å². The number of sulfonamides is 1. The summed E-state index contributed by atoms with van der Waals surface area (Å²) in [6.45, 7) is 2.27. The van der Waals surface area contributed by atoms with Crippen LogP contribution in [0.1, 0.15) is 65.9 Å². The Morgan fingerprint density at radius 3 is 2.34 bits per heavy atom. The topological polar surface area (TPSA) is 111 Å². The standard InChI is InChI=1S/C17H25N3O2S.C17H20N2O2/c1-18-23(21,22)10-7-13-3-4-17-15(11-13)16(12-19-17)14-5-8-20(2)9-6-14;1-19-11-6-7-12(19)9-13(8-11)21-17(20)15-10-18-16-5-3-2-4-14(15)16/h3-4,11-12,14,18-19H,5-10H2,1-2H3;2-5,10-13,18H,6-9H2,1H3/t;11-,12+,13+. The Bertz CT molecular complexity index is 1690. The number of esters is 1. The summed E-state index contributed by atoms with van der Waals surface area (Å²) < 4.78 is 31.4. The van der Waals surface area contributed by atoms with E-state index in [0.717, 1.165) is 47.9 Å². The molecule has 3 N–H and O–H groups in total. The van der Waals surface area contributed by atoms with Gasteiger partial charge in [0.25, 0.3) is 0 Å². The number of aromatic amines is 2. The van der Waals surface area contributed by atoms with E-state index in [1.165, 1.54) is 43.7 Å². The third-order valence-electron chi connectivity index (χ3n) is 10.0. The van der Waals surface area contributed by atoms with Gasteiger partial charge in [-0.25, -0.2) is 17.9 Å². The molecule has 9 nitrogen and oxygen atoms in total. The first kappa shape index (κ1) is 30.8. The predicted octanol–water partition coefficient (Wildman–Crippen LogP) is 5.02. The summed E-state index contributed by atoms with van der Waals surface area (Å²) in [5.74, 6) is 0.529. The molecule has 2 aromatic heterocycles. The largest absolute Gasteiger partial charge is 0.459 e. The summed E-state index contributed by atoms with van der Waals surface area (Å²) >= 11 is 0. The van der Waals surface area contributed by atoms with Gasteiger partial charge in [0.05, 0.1) is 11.3 Å². The molecule has 0 radical (unpaired) electrons. The molecule has 5 heterocycles. The lowest BCUT2D eigenvalue weighted by molar-refractivity contribution is -0.000264. The highest BCUT2D eigenvalue weighted by Crippen LogP contribution is 2.36. The summed E-state index contributed by atoms with van der Waals surface area (Å²) in [4.78, 5) is 23.8. The maximum atomic E-state index is 12.4. The van der Waals surface area contributed by atoms with Crippen LogP contribution in [-0.2, 0) is 21.2 Å². The summed E-state index contributed by atoms with van der Waals surface area (Å²) in [6, 6.07) is 15.3. The van der Waals surface area contributed by atoms with Crippen molar-refractivity contribution in [1.82, 2.24) is 24.5 Å². The number of H-pyrrole nitrogens is 2. The van der Waals surface area contributed by atoms with Gasteiger partial charge in [-0.05, 0) is 102 Å². The molecule has 236 valence electrons. The number of ether oxygens (including phenoxy) is 1. The molecule has 0 aliphatic carbocycles. The minimum atomic E-state index is -3.16.